The summed E-state index contributed by atoms with van der Waals surface area (Å²) in [5.41, 5.74) is 2.10. The van der Waals surface area contributed by atoms with Gasteiger partial charge in [-0.3, -0.25) is 14.9 Å². The topological polar surface area (TPSA) is 76.6 Å². The van der Waals surface area contributed by atoms with Gasteiger partial charge in [0, 0.05) is 13.1 Å². The van der Waals surface area contributed by atoms with E-state index in [1.807, 2.05) is 60.7 Å². The molecule has 0 aliphatic carbocycles. The van der Waals surface area contributed by atoms with Gasteiger partial charge >= 0.3 is 5.88 Å². The van der Waals surface area contributed by atoms with Crippen LogP contribution in [0.2, 0.25) is 0 Å². The number of benzene rings is 2. The van der Waals surface area contributed by atoms with Crippen LogP contribution in [-0.2, 0) is 13.0 Å². The number of hydrogen-bond donors (Lipinski definition) is 0. The van der Waals surface area contributed by atoms with Crippen molar-refractivity contribution in [1.82, 2.24) is 4.90 Å². The lowest BCUT2D eigenvalue weighted by atomic mass is 10.1. The van der Waals surface area contributed by atoms with Crippen molar-refractivity contribution in [1.29, 1.82) is 0 Å². The summed E-state index contributed by atoms with van der Waals surface area (Å²) in [5.74, 6) is -0.824. The van der Waals surface area contributed by atoms with Gasteiger partial charge in [-0.05, 0) is 23.6 Å². The van der Waals surface area contributed by atoms with Gasteiger partial charge in [-0.2, -0.15) is 0 Å². The van der Waals surface area contributed by atoms with Crippen molar-refractivity contribution in [2.75, 3.05) is 6.54 Å². The molecule has 1 heterocycles. The predicted octanol–water partition coefficient (Wildman–Crippen LogP) is 4.07. The highest BCUT2D eigenvalue weighted by Crippen LogP contribution is 2.19. The lowest BCUT2D eigenvalue weighted by Gasteiger charge is -2.22. The Bertz CT molecular complexity index is 875. The molecule has 0 aliphatic heterocycles. The SMILES string of the molecule is O=C(c1ccc([N+](=O)[O-])o1)N(CCc1ccccc1)Cc1ccccc1. The number of hydrogen-bond acceptors (Lipinski definition) is 4. The zero-order valence-corrected chi connectivity index (χ0v) is 14.1. The maximum absolute atomic E-state index is 12.8. The van der Waals surface area contributed by atoms with E-state index in [0.717, 1.165) is 11.1 Å². The predicted molar refractivity (Wildman–Crippen MR) is 96.7 cm³/mol. The third-order valence-electron chi connectivity index (χ3n) is 4.00. The highest BCUT2D eigenvalue weighted by molar-refractivity contribution is 5.91. The molecule has 1 amide bonds. The quantitative estimate of drug-likeness (QED) is 0.475. The van der Waals surface area contributed by atoms with Gasteiger partial charge in [0.05, 0.1) is 6.07 Å². The maximum Gasteiger partial charge on any atom is 0.433 e. The molecule has 0 bridgehead atoms. The Morgan fingerprint density at radius 1 is 0.923 bits per heavy atom. The molecule has 0 atom stereocenters. The molecule has 6 nitrogen and oxygen atoms in total. The summed E-state index contributed by atoms with van der Waals surface area (Å²) >= 11 is 0. The van der Waals surface area contributed by atoms with Crippen LogP contribution < -0.4 is 0 Å². The highest BCUT2D eigenvalue weighted by atomic mass is 16.6. The maximum atomic E-state index is 12.8. The van der Waals surface area contributed by atoms with Gasteiger partial charge in [-0.1, -0.05) is 60.7 Å². The van der Waals surface area contributed by atoms with Crippen molar-refractivity contribution in [2.24, 2.45) is 0 Å². The Morgan fingerprint density at radius 2 is 1.54 bits per heavy atom. The van der Waals surface area contributed by atoms with Gasteiger partial charge in [-0.25, -0.2) is 0 Å². The molecule has 0 aliphatic rings. The number of carbonyl (C=O) groups is 1. The monoisotopic (exact) mass is 350 g/mol. The van der Waals surface area contributed by atoms with E-state index in [-0.39, 0.29) is 11.7 Å². The standard InChI is InChI=1S/C20H18N2O4/c23-20(18-11-12-19(26-18)22(24)25)21(15-17-9-5-2-6-10-17)14-13-16-7-3-1-4-8-16/h1-12H,13-15H2. The van der Waals surface area contributed by atoms with Crippen LogP contribution in [0, 0.1) is 10.1 Å². The molecule has 3 aromatic rings. The number of furan rings is 1. The van der Waals surface area contributed by atoms with Crippen molar-refractivity contribution in [3.63, 3.8) is 0 Å². The fraction of sp³-hybridized carbons (Fsp3) is 0.150. The first-order chi connectivity index (χ1) is 12.6. The van der Waals surface area contributed by atoms with E-state index in [9.17, 15) is 14.9 Å². The van der Waals surface area contributed by atoms with Gasteiger partial charge in [-0.15, -0.1) is 0 Å². The zero-order valence-electron chi connectivity index (χ0n) is 14.1. The smallest absolute Gasteiger partial charge is 0.395 e. The summed E-state index contributed by atoms with van der Waals surface area (Å²) < 4.78 is 5.09. The molecule has 0 saturated carbocycles. The molecule has 0 radical (unpaired) electrons. The highest BCUT2D eigenvalue weighted by Gasteiger charge is 2.22. The van der Waals surface area contributed by atoms with Crippen LogP contribution in [-0.4, -0.2) is 22.3 Å². The molecule has 3 rings (SSSR count). The van der Waals surface area contributed by atoms with E-state index in [4.69, 9.17) is 4.42 Å². The first kappa shape index (κ1) is 17.4. The van der Waals surface area contributed by atoms with Crippen molar-refractivity contribution in [3.8, 4) is 0 Å². The fourth-order valence-electron chi connectivity index (χ4n) is 2.66. The number of rotatable bonds is 7. The molecular weight excluding hydrogens is 332 g/mol. The summed E-state index contributed by atoms with van der Waals surface area (Å²) in [6, 6.07) is 22.0. The van der Waals surface area contributed by atoms with Gasteiger partial charge in [0.25, 0.3) is 5.91 Å². The summed E-state index contributed by atoms with van der Waals surface area (Å²) in [4.78, 5) is 24.6. The van der Waals surface area contributed by atoms with E-state index in [2.05, 4.69) is 0 Å². The fourth-order valence-corrected chi connectivity index (χ4v) is 2.66. The summed E-state index contributed by atoms with van der Waals surface area (Å²) in [7, 11) is 0. The molecule has 0 spiro atoms. The van der Waals surface area contributed by atoms with Crippen molar-refractivity contribution in [3.05, 3.63) is 99.8 Å². The normalized spacial score (nSPS) is 10.5. The van der Waals surface area contributed by atoms with Gasteiger partial charge < -0.3 is 9.32 Å². The number of amides is 1. The van der Waals surface area contributed by atoms with Gasteiger partial charge in [0.2, 0.25) is 0 Å². The van der Waals surface area contributed by atoms with Crippen LogP contribution in [0.15, 0.2) is 77.2 Å². The Labute approximate surface area is 150 Å². The van der Waals surface area contributed by atoms with E-state index >= 15 is 0 Å². The van der Waals surface area contributed by atoms with E-state index in [1.54, 1.807) is 4.90 Å². The molecule has 0 saturated heterocycles. The summed E-state index contributed by atoms with van der Waals surface area (Å²) in [5, 5.41) is 10.8. The minimum absolute atomic E-state index is 0.0271. The molecule has 6 heteroatoms. The second-order valence-electron chi connectivity index (χ2n) is 5.84. The Kier molecular flexibility index (Phi) is 5.43. The van der Waals surface area contributed by atoms with Crippen LogP contribution in [0.4, 0.5) is 5.88 Å². The second kappa shape index (κ2) is 8.11. The number of nitrogens with zero attached hydrogens (tertiary/aromatic N) is 2. The van der Waals surface area contributed by atoms with Gasteiger partial charge in [0.1, 0.15) is 4.92 Å². The lowest BCUT2D eigenvalue weighted by molar-refractivity contribution is -0.402. The number of nitro groups is 1. The Morgan fingerprint density at radius 3 is 2.12 bits per heavy atom. The van der Waals surface area contributed by atoms with Crippen LogP contribution in [0.25, 0.3) is 0 Å². The minimum Gasteiger partial charge on any atom is -0.395 e. The summed E-state index contributed by atoms with van der Waals surface area (Å²) in [6.45, 7) is 0.882. The molecule has 26 heavy (non-hydrogen) atoms. The van der Waals surface area contributed by atoms with Crippen molar-refractivity contribution >= 4 is 11.8 Å². The molecule has 0 unspecified atom stereocenters. The van der Waals surface area contributed by atoms with Crippen molar-refractivity contribution < 1.29 is 14.1 Å². The van der Waals surface area contributed by atoms with E-state index < -0.39 is 10.8 Å². The third kappa shape index (κ3) is 4.36. The first-order valence-corrected chi connectivity index (χ1v) is 8.25. The second-order valence-corrected chi connectivity index (χ2v) is 5.84. The van der Waals surface area contributed by atoms with Crippen LogP contribution in [0.5, 0.6) is 0 Å². The van der Waals surface area contributed by atoms with Crippen molar-refractivity contribution in [2.45, 2.75) is 13.0 Å². The third-order valence-corrected chi connectivity index (χ3v) is 4.00. The molecule has 2 aromatic carbocycles. The minimum atomic E-state index is -0.651. The Hall–Kier alpha value is -3.41. The largest absolute Gasteiger partial charge is 0.433 e. The van der Waals surface area contributed by atoms with Crippen LogP contribution in [0.3, 0.4) is 0 Å². The molecular formula is C20H18N2O4. The summed E-state index contributed by atoms with van der Waals surface area (Å²) in [6.07, 6.45) is 0.683. The average molecular weight is 350 g/mol. The lowest BCUT2D eigenvalue weighted by Crippen LogP contribution is -2.32. The first-order valence-electron chi connectivity index (χ1n) is 8.25. The molecule has 132 valence electrons. The Balaban J connectivity index is 1.78. The van der Waals surface area contributed by atoms with Gasteiger partial charge in [0.15, 0.2) is 5.76 Å². The van der Waals surface area contributed by atoms with Crippen LogP contribution in [0.1, 0.15) is 21.7 Å². The molecule has 0 N–H and O–H groups in total. The number of carbonyl (C=O) groups excluding carboxylic acids is 1. The van der Waals surface area contributed by atoms with E-state index in [1.165, 1.54) is 12.1 Å². The molecule has 1 aromatic heterocycles. The average Bonchev–Trinajstić information content (AvgIpc) is 3.17. The molecule has 0 fully saturated rings. The zero-order chi connectivity index (χ0) is 18.4. The van der Waals surface area contributed by atoms with E-state index in [0.29, 0.717) is 19.5 Å². The van der Waals surface area contributed by atoms with Crippen LogP contribution >= 0.6 is 0 Å².